The van der Waals surface area contributed by atoms with Crippen molar-refractivity contribution in [2.24, 2.45) is 11.3 Å². The van der Waals surface area contributed by atoms with Crippen molar-refractivity contribution in [2.45, 2.75) is 26.8 Å². The minimum Gasteiger partial charge on any atom is -0.380 e. The fourth-order valence-electron chi connectivity index (χ4n) is 2.10. The fraction of sp³-hybridized carbons (Fsp3) is 1.00. The quantitative estimate of drug-likeness (QED) is 0.619. The first-order valence-corrected chi connectivity index (χ1v) is 4.95. The molecule has 2 heterocycles. The van der Waals surface area contributed by atoms with E-state index >= 15 is 0 Å². The summed E-state index contributed by atoms with van der Waals surface area (Å²) in [6, 6.07) is 0.747. The number of hydrogen-bond acceptors (Lipinski definition) is 2. The maximum absolute atomic E-state index is 5.24. The number of nitrogens with zero attached hydrogens (tertiary/aromatic N) is 1. The normalized spacial score (nSPS) is 30.0. The van der Waals surface area contributed by atoms with Gasteiger partial charge in [-0.25, -0.2) is 0 Å². The summed E-state index contributed by atoms with van der Waals surface area (Å²) in [4.78, 5) is 2.58. The van der Waals surface area contributed by atoms with Crippen molar-refractivity contribution in [1.29, 1.82) is 0 Å². The third-order valence-electron chi connectivity index (χ3n) is 3.43. The zero-order chi connectivity index (χ0) is 8.77. The summed E-state index contributed by atoms with van der Waals surface area (Å²) in [6.07, 6.45) is 0. The second kappa shape index (κ2) is 2.71. The highest BCUT2D eigenvalue weighted by Gasteiger charge is 2.50. The van der Waals surface area contributed by atoms with Gasteiger partial charge < -0.3 is 4.74 Å². The van der Waals surface area contributed by atoms with Crippen LogP contribution in [0, 0.1) is 11.3 Å². The molecule has 0 aromatic heterocycles. The molecule has 1 atom stereocenters. The Morgan fingerprint density at radius 2 is 1.75 bits per heavy atom. The Kier molecular flexibility index (Phi) is 1.92. The highest BCUT2D eigenvalue weighted by molar-refractivity contribution is 5.01. The molecular weight excluding hydrogens is 150 g/mol. The van der Waals surface area contributed by atoms with Gasteiger partial charge in [-0.2, -0.15) is 0 Å². The molecule has 0 amide bonds. The van der Waals surface area contributed by atoms with Gasteiger partial charge in [0.2, 0.25) is 0 Å². The van der Waals surface area contributed by atoms with Crippen LogP contribution in [0.2, 0.25) is 0 Å². The summed E-state index contributed by atoms with van der Waals surface area (Å²) >= 11 is 0. The van der Waals surface area contributed by atoms with Crippen molar-refractivity contribution < 1.29 is 4.74 Å². The van der Waals surface area contributed by atoms with Crippen LogP contribution in [0.4, 0.5) is 0 Å². The van der Waals surface area contributed by atoms with Crippen molar-refractivity contribution in [3.63, 3.8) is 0 Å². The van der Waals surface area contributed by atoms with Crippen LogP contribution in [0.3, 0.4) is 0 Å². The number of hydrogen-bond donors (Lipinski definition) is 0. The minimum atomic E-state index is 0.586. The van der Waals surface area contributed by atoms with Crippen molar-refractivity contribution in [3.8, 4) is 0 Å². The van der Waals surface area contributed by atoms with Crippen LogP contribution < -0.4 is 0 Å². The molecule has 12 heavy (non-hydrogen) atoms. The first-order chi connectivity index (χ1) is 5.63. The summed E-state index contributed by atoms with van der Waals surface area (Å²) < 4.78 is 5.24. The zero-order valence-electron chi connectivity index (χ0n) is 8.34. The lowest BCUT2D eigenvalue weighted by molar-refractivity contribution is -0.199. The first-order valence-electron chi connectivity index (χ1n) is 4.95. The Balaban J connectivity index is 1.80. The summed E-state index contributed by atoms with van der Waals surface area (Å²) in [7, 11) is 0. The Labute approximate surface area is 74.9 Å². The van der Waals surface area contributed by atoms with Gasteiger partial charge in [0.05, 0.1) is 13.2 Å². The number of rotatable bonds is 2. The van der Waals surface area contributed by atoms with E-state index in [1.807, 2.05) is 0 Å². The second-order valence-electron chi connectivity index (χ2n) is 4.88. The standard InChI is InChI=1S/C10H19NO/c1-8(2)9(3)11-4-10(5-11)6-12-7-10/h8-9H,4-7H2,1-3H3/t9-/m0/s1. The highest BCUT2D eigenvalue weighted by Crippen LogP contribution is 2.39. The molecule has 0 radical (unpaired) electrons. The maximum atomic E-state index is 5.24. The fourth-order valence-corrected chi connectivity index (χ4v) is 2.10. The van der Waals surface area contributed by atoms with Gasteiger partial charge in [-0.3, -0.25) is 4.90 Å². The molecule has 70 valence electrons. The van der Waals surface area contributed by atoms with E-state index in [1.165, 1.54) is 13.1 Å². The van der Waals surface area contributed by atoms with E-state index in [-0.39, 0.29) is 0 Å². The summed E-state index contributed by atoms with van der Waals surface area (Å²) in [5.41, 5.74) is 0.586. The van der Waals surface area contributed by atoms with Gasteiger partial charge in [-0.1, -0.05) is 13.8 Å². The van der Waals surface area contributed by atoms with Gasteiger partial charge >= 0.3 is 0 Å². The van der Waals surface area contributed by atoms with Crippen LogP contribution in [0.5, 0.6) is 0 Å². The van der Waals surface area contributed by atoms with Crippen molar-refractivity contribution in [2.75, 3.05) is 26.3 Å². The molecule has 0 N–H and O–H groups in total. The monoisotopic (exact) mass is 169 g/mol. The van der Waals surface area contributed by atoms with Crippen LogP contribution in [0.15, 0.2) is 0 Å². The Hall–Kier alpha value is -0.0800. The SMILES string of the molecule is CC(C)[C@H](C)N1CC2(COC2)C1. The molecule has 0 aromatic rings. The molecule has 2 aliphatic heterocycles. The zero-order valence-corrected chi connectivity index (χ0v) is 8.34. The molecule has 2 fully saturated rings. The van der Waals surface area contributed by atoms with E-state index in [0.717, 1.165) is 25.2 Å². The van der Waals surface area contributed by atoms with Gasteiger partial charge in [-0.05, 0) is 12.8 Å². The molecule has 0 unspecified atom stereocenters. The summed E-state index contributed by atoms with van der Waals surface area (Å²) in [5, 5.41) is 0. The van der Waals surface area contributed by atoms with Crippen molar-refractivity contribution in [1.82, 2.24) is 4.90 Å². The van der Waals surface area contributed by atoms with Crippen molar-refractivity contribution >= 4 is 0 Å². The summed E-state index contributed by atoms with van der Waals surface area (Å²) in [5.74, 6) is 0.781. The molecule has 0 aromatic carbocycles. The van der Waals surface area contributed by atoms with E-state index in [2.05, 4.69) is 25.7 Å². The lowest BCUT2D eigenvalue weighted by Gasteiger charge is -2.57. The lowest BCUT2D eigenvalue weighted by Crippen LogP contribution is -2.68. The molecule has 2 nitrogen and oxygen atoms in total. The Morgan fingerprint density at radius 1 is 1.17 bits per heavy atom. The first kappa shape index (κ1) is 8.52. The minimum absolute atomic E-state index is 0.586. The molecule has 0 aliphatic carbocycles. The van der Waals surface area contributed by atoms with E-state index in [0.29, 0.717) is 5.41 Å². The van der Waals surface area contributed by atoms with Crippen LogP contribution in [0.25, 0.3) is 0 Å². The Morgan fingerprint density at radius 3 is 2.08 bits per heavy atom. The molecule has 2 rings (SSSR count). The number of ether oxygens (including phenoxy) is 1. The van der Waals surface area contributed by atoms with E-state index in [9.17, 15) is 0 Å². The van der Waals surface area contributed by atoms with Crippen LogP contribution in [-0.4, -0.2) is 37.2 Å². The van der Waals surface area contributed by atoms with Gasteiger partial charge in [0.1, 0.15) is 0 Å². The van der Waals surface area contributed by atoms with Gasteiger partial charge in [-0.15, -0.1) is 0 Å². The van der Waals surface area contributed by atoms with Crippen molar-refractivity contribution in [3.05, 3.63) is 0 Å². The van der Waals surface area contributed by atoms with E-state index < -0.39 is 0 Å². The predicted octanol–water partition coefficient (Wildman–Crippen LogP) is 1.36. The molecule has 0 saturated carbocycles. The molecular formula is C10H19NO. The smallest absolute Gasteiger partial charge is 0.0569 e. The Bertz CT molecular complexity index is 167. The van der Waals surface area contributed by atoms with Crippen LogP contribution in [-0.2, 0) is 4.74 Å². The second-order valence-corrected chi connectivity index (χ2v) is 4.88. The summed E-state index contributed by atoms with van der Waals surface area (Å²) in [6.45, 7) is 11.5. The third-order valence-corrected chi connectivity index (χ3v) is 3.43. The average Bonchev–Trinajstić information content (AvgIpc) is 1.80. The molecule has 0 bridgehead atoms. The number of likely N-dealkylation sites (tertiary alicyclic amines) is 1. The molecule has 2 heteroatoms. The predicted molar refractivity (Wildman–Crippen MR) is 49.1 cm³/mol. The highest BCUT2D eigenvalue weighted by atomic mass is 16.5. The van der Waals surface area contributed by atoms with Gasteiger partial charge in [0, 0.05) is 24.5 Å². The van der Waals surface area contributed by atoms with Crippen LogP contribution in [0.1, 0.15) is 20.8 Å². The van der Waals surface area contributed by atoms with Gasteiger partial charge in [0.25, 0.3) is 0 Å². The van der Waals surface area contributed by atoms with E-state index in [4.69, 9.17) is 4.74 Å². The van der Waals surface area contributed by atoms with E-state index in [1.54, 1.807) is 0 Å². The average molecular weight is 169 g/mol. The maximum Gasteiger partial charge on any atom is 0.0569 e. The molecule has 2 saturated heterocycles. The lowest BCUT2D eigenvalue weighted by atomic mass is 9.76. The topological polar surface area (TPSA) is 12.5 Å². The third kappa shape index (κ3) is 1.17. The largest absolute Gasteiger partial charge is 0.380 e. The van der Waals surface area contributed by atoms with Crippen LogP contribution >= 0.6 is 0 Å². The van der Waals surface area contributed by atoms with Gasteiger partial charge in [0.15, 0.2) is 0 Å². The molecule has 1 spiro atoms. The molecule has 2 aliphatic rings.